The molecule has 2 aromatic carbocycles. The highest BCUT2D eigenvalue weighted by atomic mass is 14.9. The molecule has 0 aliphatic carbocycles. The van der Waals surface area contributed by atoms with Crippen LogP contribution in [-0.2, 0) is 6.54 Å². The summed E-state index contributed by atoms with van der Waals surface area (Å²) >= 11 is 0. The lowest BCUT2D eigenvalue weighted by Gasteiger charge is -2.15. The van der Waals surface area contributed by atoms with E-state index in [2.05, 4.69) is 55.9 Å². The topological polar surface area (TPSA) is 87.7 Å². The van der Waals surface area contributed by atoms with E-state index in [1.54, 1.807) is 12.4 Å². The van der Waals surface area contributed by atoms with Gasteiger partial charge in [0.25, 0.3) is 0 Å². The van der Waals surface area contributed by atoms with Gasteiger partial charge in [-0.25, -0.2) is 4.99 Å². The van der Waals surface area contributed by atoms with Crippen molar-refractivity contribution in [2.75, 3.05) is 23.7 Å². The van der Waals surface area contributed by atoms with Crippen LogP contribution in [0, 0.1) is 0 Å². The van der Waals surface area contributed by atoms with Gasteiger partial charge in [0, 0.05) is 45.3 Å². The van der Waals surface area contributed by atoms with Crippen molar-refractivity contribution >= 4 is 24.1 Å². The van der Waals surface area contributed by atoms with Crippen LogP contribution < -0.4 is 16.4 Å². The maximum absolute atomic E-state index is 5.18. The van der Waals surface area contributed by atoms with Gasteiger partial charge in [-0.2, -0.15) is 0 Å². The first-order chi connectivity index (χ1) is 13.9. The number of nitrogens with one attached hydrogen (secondary N) is 2. The predicted octanol–water partition coefficient (Wildman–Crippen LogP) is 4.28. The lowest BCUT2D eigenvalue weighted by Crippen LogP contribution is -2.07. The summed E-state index contributed by atoms with van der Waals surface area (Å²) < 4.78 is 0. The third kappa shape index (κ3) is 5.67. The molecule has 146 valence electrons. The minimum absolute atomic E-state index is 0. The average molecular weight is 377 g/mol. The third-order valence-electron chi connectivity index (χ3n) is 4.14. The van der Waals surface area contributed by atoms with Crippen molar-refractivity contribution in [1.82, 2.24) is 4.98 Å². The molecule has 0 unspecified atom stereocenters. The lowest BCUT2D eigenvalue weighted by atomic mass is 10.0. The number of aromatic nitrogens is 1. The minimum atomic E-state index is 0. The monoisotopic (exact) mass is 376 g/mol. The van der Waals surface area contributed by atoms with Gasteiger partial charge in [0.2, 0.25) is 0 Å². The Labute approximate surface area is 168 Å². The first-order valence-corrected chi connectivity index (χ1v) is 9.14. The quantitative estimate of drug-likeness (QED) is 0.295. The number of nitrogens with two attached hydrogens (primary N) is 1. The summed E-state index contributed by atoms with van der Waals surface area (Å²) in [6.07, 6.45) is 6.29. The molecule has 0 aliphatic rings. The molecule has 4 N–H and O–H groups in total. The van der Waals surface area contributed by atoms with Gasteiger partial charge >= 0.3 is 0 Å². The van der Waals surface area contributed by atoms with Gasteiger partial charge in [-0.05, 0) is 41.5 Å². The molecule has 1 aromatic heterocycles. The molecule has 0 saturated heterocycles. The number of aliphatic imine (C=N–C) groups is 2. The highest BCUT2D eigenvalue weighted by Crippen LogP contribution is 2.30. The summed E-state index contributed by atoms with van der Waals surface area (Å²) in [6.45, 7) is 2.09. The van der Waals surface area contributed by atoms with Crippen LogP contribution >= 0.6 is 0 Å². The summed E-state index contributed by atoms with van der Waals surface area (Å²) in [4.78, 5) is 12.1. The molecule has 6 nitrogen and oxygen atoms in total. The Morgan fingerprint density at radius 1 is 1.00 bits per heavy atom. The smallest absolute Gasteiger partial charge is 0.111 e. The molecule has 6 heteroatoms. The van der Waals surface area contributed by atoms with Crippen LogP contribution in [0.15, 0.2) is 83.0 Å². The Hall–Kier alpha value is -3.67. The van der Waals surface area contributed by atoms with E-state index >= 15 is 0 Å². The van der Waals surface area contributed by atoms with Gasteiger partial charge in [0.15, 0.2) is 0 Å². The molecule has 0 fully saturated rings. The summed E-state index contributed by atoms with van der Waals surface area (Å²) in [5.41, 5.74) is 10.8. The number of benzene rings is 2. The van der Waals surface area contributed by atoms with Crippen molar-refractivity contribution in [2.24, 2.45) is 15.7 Å². The molecule has 0 bridgehead atoms. The standard InChI is InChI=1S/C22H24N6.2H2/c23-16-26-17-25-12-13-27-22-7-6-20(28-15-18-4-2-1-3-5-18)14-21(22)19-8-10-24-11-9-19;;/h1-11,14,16-17,27-28H,12-13,15H2,(H2,23,25,26);2*1H. The van der Waals surface area contributed by atoms with Gasteiger partial charge in [-0.1, -0.05) is 30.3 Å². The van der Waals surface area contributed by atoms with Crippen LogP contribution in [0.25, 0.3) is 11.1 Å². The lowest BCUT2D eigenvalue weighted by molar-refractivity contribution is 1.03. The van der Waals surface area contributed by atoms with E-state index in [9.17, 15) is 0 Å². The molecule has 3 aromatic rings. The molecular formula is C22H28N6. The summed E-state index contributed by atoms with van der Waals surface area (Å²) in [5.74, 6) is 0. The molecule has 1 heterocycles. The Morgan fingerprint density at radius 3 is 2.61 bits per heavy atom. The van der Waals surface area contributed by atoms with Crippen molar-refractivity contribution in [3.8, 4) is 11.1 Å². The maximum atomic E-state index is 5.18. The van der Waals surface area contributed by atoms with E-state index in [4.69, 9.17) is 5.73 Å². The number of hydrogen-bond donors (Lipinski definition) is 3. The second kappa shape index (κ2) is 10.5. The second-order valence-corrected chi connectivity index (χ2v) is 6.08. The maximum Gasteiger partial charge on any atom is 0.111 e. The summed E-state index contributed by atoms with van der Waals surface area (Å²) in [6, 6.07) is 20.7. The van der Waals surface area contributed by atoms with Crippen LogP contribution in [0.1, 0.15) is 8.42 Å². The number of pyridine rings is 1. The molecule has 0 saturated carbocycles. The van der Waals surface area contributed by atoms with Crippen molar-refractivity contribution < 1.29 is 2.85 Å². The number of hydrogen-bond acceptors (Lipinski definition) is 4. The Kier molecular flexibility index (Phi) is 7.14. The fraction of sp³-hybridized carbons (Fsp3) is 0.136. The molecule has 3 rings (SSSR count). The SMILES string of the molecule is NC=NC=NCCNc1ccc(NCc2ccccc2)cc1-c1ccncc1.[HH].[HH]. The van der Waals surface area contributed by atoms with E-state index in [-0.39, 0.29) is 2.85 Å². The average Bonchev–Trinajstić information content (AvgIpc) is 2.76. The fourth-order valence-corrected chi connectivity index (χ4v) is 2.78. The van der Waals surface area contributed by atoms with Crippen LogP contribution in [0.5, 0.6) is 0 Å². The summed E-state index contributed by atoms with van der Waals surface area (Å²) in [5, 5.41) is 6.94. The van der Waals surface area contributed by atoms with Crippen molar-refractivity contribution in [3.05, 3.63) is 78.6 Å². The van der Waals surface area contributed by atoms with Crippen molar-refractivity contribution in [2.45, 2.75) is 6.54 Å². The van der Waals surface area contributed by atoms with Crippen LogP contribution in [0.3, 0.4) is 0 Å². The van der Waals surface area contributed by atoms with E-state index < -0.39 is 0 Å². The molecule has 0 spiro atoms. The Bertz CT molecular complexity index is 917. The minimum Gasteiger partial charge on any atom is -0.390 e. The zero-order chi connectivity index (χ0) is 19.4. The zero-order valence-electron chi connectivity index (χ0n) is 15.6. The van der Waals surface area contributed by atoms with Crippen LogP contribution in [-0.4, -0.2) is 30.8 Å². The molecular weight excluding hydrogens is 348 g/mol. The predicted molar refractivity (Wildman–Crippen MR) is 122 cm³/mol. The molecule has 0 amide bonds. The number of rotatable bonds is 9. The fourth-order valence-electron chi connectivity index (χ4n) is 2.78. The normalized spacial score (nSPS) is 11.1. The number of anilines is 2. The third-order valence-corrected chi connectivity index (χ3v) is 4.14. The van der Waals surface area contributed by atoms with Crippen LogP contribution in [0.2, 0.25) is 0 Å². The second-order valence-electron chi connectivity index (χ2n) is 6.08. The first kappa shape index (κ1) is 19.1. The zero-order valence-corrected chi connectivity index (χ0v) is 15.6. The molecule has 0 atom stereocenters. The highest BCUT2D eigenvalue weighted by Gasteiger charge is 2.07. The molecule has 28 heavy (non-hydrogen) atoms. The summed E-state index contributed by atoms with van der Waals surface area (Å²) in [7, 11) is 0. The van der Waals surface area contributed by atoms with E-state index in [1.807, 2.05) is 30.3 Å². The number of nitrogens with zero attached hydrogens (tertiary/aromatic N) is 3. The molecule has 0 aliphatic heterocycles. The van der Waals surface area contributed by atoms with Crippen molar-refractivity contribution in [3.63, 3.8) is 0 Å². The van der Waals surface area contributed by atoms with Crippen LogP contribution in [0.4, 0.5) is 11.4 Å². The van der Waals surface area contributed by atoms with E-state index in [0.717, 1.165) is 29.0 Å². The molecule has 0 radical (unpaired) electrons. The van der Waals surface area contributed by atoms with Gasteiger partial charge < -0.3 is 16.4 Å². The van der Waals surface area contributed by atoms with Crippen molar-refractivity contribution in [1.29, 1.82) is 0 Å². The Morgan fingerprint density at radius 2 is 1.82 bits per heavy atom. The highest BCUT2D eigenvalue weighted by molar-refractivity contribution is 5.81. The van der Waals surface area contributed by atoms with Gasteiger partial charge in [0.05, 0.1) is 12.9 Å². The van der Waals surface area contributed by atoms with E-state index in [0.29, 0.717) is 13.1 Å². The van der Waals surface area contributed by atoms with Gasteiger partial charge in [0.1, 0.15) is 6.34 Å². The first-order valence-electron chi connectivity index (χ1n) is 9.14. The van der Waals surface area contributed by atoms with Gasteiger partial charge in [-0.3, -0.25) is 9.98 Å². The van der Waals surface area contributed by atoms with E-state index in [1.165, 1.54) is 18.2 Å². The Balaban J connectivity index is 0.00000225. The largest absolute Gasteiger partial charge is 0.390 e. The van der Waals surface area contributed by atoms with Gasteiger partial charge in [-0.15, -0.1) is 0 Å².